The minimum Gasteiger partial charge on any atom is -0.469 e. The van der Waals surface area contributed by atoms with Gasteiger partial charge in [0.25, 0.3) is 0 Å². The highest BCUT2D eigenvalue weighted by Gasteiger charge is 2.33. The van der Waals surface area contributed by atoms with Crippen LogP contribution in [0.3, 0.4) is 0 Å². The van der Waals surface area contributed by atoms with Crippen LogP contribution in [0.25, 0.3) is 0 Å². The van der Waals surface area contributed by atoms with Crippen LogP contribution >= 0.6 is 11.8 Å². The summed E-state index contributed by atoms with van der Waals surface area (Å²) in [5.41, 5.74) is 0. The van der Waals surface area contributed by atoms with Crippen molar-refractivity contribution < 1.29 is 14.3 Å². The fourth-order valence-corrected chi connectivity index (χ4v) is 4.09. The van der Waals surface area contributed by atoms with Gasteiger partial charge >= 0.3 is 5.97 Å². The lowest BCUT2D eigenvalue weighted by Gasteiger charge is -2.15. The molecule has 2 atom stereocenters. The second-order valence-corrected chi connectivity index (χ2v) is 7.94. The van der Waals surface area contributed by atoms with E-state index >= 15 is 0 Å². The van der Waals surface area contributed by atoms with Gasteiger partial charge in [0, 0.05) is 23.2 Å². The number of rotatable bonds is 14. The van der Waals surface area contributed by atoms with E-state index in [1.54, 1.807) is 11.8 Å². The Hall–Kier alpha value is -1.03. The van der Waals surface area contributed by atoms with Crippen LogP contribution in [0.4, 0.5) is 0 Å². The van der Waals surface area contributed by atoms with Gasteiger partial charge in [-0.05, 0) is 31.9 Å². The van der Waals surface area contributed by atoms with E-state index in [0.717, 1.165) is 43.4 Å². The third kappa shape index (κ3) is 8.57. The average Bonchev–Trinajstić information content (AvgIpc) is 2.95. The summed E-state index contributed by atoms with van der Waals surface area (Å²) in [6.45, 7) is 2.23. The number of allylic oxidation sites excluding steroid dienone is 4. The molecule has 0 bridgehead atoms. The van der Waals surface area contributed by atoms with Crippen molar-refractivity contribution in [3.05, 3.63) is 23.1 Å². The molecule has 0 aromatic carbocycles. The molecule has 0 spiro atoms. The Kier molecular flexibility index (Phi) is 12.5. The van der Waals surface area contributed by atoms with Gasteiger partial charge in [-0.3, -0.25) is 9.59 Å². The maximum absolute atomic E-state index is 12.6. The largest absolute Gasteiger partial charge is 0.469 e. The fourth-order valence-electron chi connectivity index (χ4n) is 3.44. The molecule has 0 radical (unpaired) electrons. The van der Waals surface area contributed by atoms with Crippen LogP contribution in [-0.4, -0.2) is 25.1 Å². The first-order chi connectivity index (χ1) is 12.6. The Morgan fingerprint density at radius 3 is 2.58 bits per heavy atom. The molecule has 1 rings (SSSR count). The second-order valence-electron chi connectivity index (χ2n) is 7.09. The molecule has 0 saturated heterocycles. The molecule has 1 aliphatic rings. The Labute approximate surface area is 164 Å². The van der Waals surface area contributed by atoms with Gasteiger partial charge in [-0.15, -0.1) is 11.8 Å². The van der Waals surface area contributed by atoms with Gasteiger partial charge in [0.1, 0.15) is 0 Å². The van der Waals surface area contributed by atoms with Crippen LogP contribution in [0, 0.1) is 11.8 Å². The second kappa shape index (κ2) is 14.1. The van der Waals surface area contributed by atoms with Gasteiger partial charge in [0.05, 0.1) is 7.11 Å². The third-order valence-electron chi connectivity index (χ3n) is 5.06. The molecule has 26 heavy (non-hydrogen) atoms. The molecule has 0 aliphatic heterocycles. The summed E-state index contributed by atoms with van der Waals surface area (Å²) in [6, 6.07) is 0. The number of Topliss-reactive ketones (excluding diaryl/α,β-unsaturated/α-hetero) is 1. The van der Waals surface area contributed by atoms with Crippen LogP contribution < -0.4 is 0 Å². The zero-order valence-corrected chi connectivity index (χ0v) is 17.6. The molecule has 3 nitrogen and oxygen atoms in total. The summed E-state index contributed by atoms with van der Waals surface area (Å²) in [5, 5.41) is 0. The molecule has 148 valence electrons. The minimum absolute atomic E-state index is 0.116. The SMILES string of the molecule is CCCCCCC=CC1C=C(SC)C(=O)C1CCCCCCC(=O)OC. The summed E-state index contributed by atoms with van der Waals surface area (Å²) in [4.78, 5) is 24.6. The molecule has 0 N–H and O–H groups in total. The number of esters is 1. The van der Waals surface area contributed by atoms with Crippen LogP contribution in [0.5, 0.6) is 0 Å². The Bertz CT molecular complexity index is 482. The number of ether oxygens (including phenoxy) is 1. The maximum Gasteiger partial charge on any atom is 0.305 e. The number of hydrogen-bond donors (Lipinski definition) is 0. The summed E-state index contributed by atoms with van der Waals surface area (Å²) in [5.74, 6) is 0.581. The molecule has 0 heterocycles. The third-order valence-corrected chi connectivity index (χ3v) is 5.84. The molecule has 0 amide bonds. The van der Waals surface area contributed by atoms with E-state index in [2.05, 4.69) is 29.9 Å². The first kappa shape index (κ1) is 23.0. The zero-order valence-electron chi connectivity index (χ0n) is 16.8. The molecule has 0 saturated carbocycles. The van der Waals surface area contributed by atoms with Crippen molar-refractivity contribution >= 4 is 23.5 Å². The van der Waals surface area contributed by atoms with Gasteiger partial charge < -0.3 is 4.74 Å². The van der Waals surface area contributed by atoms with E-state index in [9.17, 15) is 9.59 Å². The summed E-state index contributed by atoms with van der Waals surface area (Å²) >= 11 is 1.58. The molecular formula is C22H36O3S. The first-order valence-corrected chi connectivity index (χ1v) is 11.4. The molecule has 0 aromatic heterocycles. The first-order valence-electron chi connectivity index (χ1n) is 10.2. The van der Waals surface area contributed by atoms with E-state index in [0.29, 0.717) is 12.2 Å². The van der Waals surface area contributed by atoms with Crippen molar-refractivity contribution in [1.82, 2.24) is 0 Å². The topological polar surface area (TPSA) is 43.4 Å². The maximum atomic E-state index is 12.6. The van der Waals surface area contributed by atoms with E-state index in [1.165, 1.54) is 32.8 Å². The normalized spacial score (nSPS) is 20.0. The number of carbonyl (C=O) groups is 2. The quantitative estimate of drug-likeness (QED) is 0.208. The number of thioether (sulfide) groups is 1. The van der Waals surface area contributed by atoms with Crippen LogP contribution in [-0.2, 0) is 14.3 Å². The standard InChI is InChI=1S/C22H36O3S/c1-4-5-6-7-8-11-14-18-17-20(26-3)22(24)19(18)15-12-9-10-13-16-21(23)25-2/h11,14,17-19H,4-10,12-13,15-16H2,1-3H3. The van der Waals surface area contributed by atoms with E-state index in [-0.39, 0.29) is 17.8 Å². The predicted molar refractivity (Wildman–Crippen MR) is 111 cm³/mol. The van der Waals surface area contributed by atoms with Crippen LogP contribution in [0.2, 0.25) is 0 Å². The number of ketones is 1. The Morgan fingerprint density at radius 2 is 1.88 bits per heavy atom. The van der Waals surface area contributed by atoms with Crippen molar-refractivity contribution in [3.8, 4) is 0 Å². The molecule has 1 aliphatic carbocycles. The zero-order chi connectivity index (χ0) is 19.2. The number of unbranched alkanes of at least 4 members (excludes halogenated alkanes) is 7. The van der Waals surface area contributed by atoms with Crippen molar-refractivity contribution in [2.75, 3.05) is 13.4 Å². The molecule has 0 aromatic rings. The highest BCUT2D eigenvalue weighted by atomic mass is 32.2. The van der Waals surface area contributed by atoms with Gasteiger partial charge in [-0.2, -0.15) is 0 Å². The summed E-state index contributed by atoms with van der Waals surface area (Å²) in [6.07, 6.45) is 20.4. The monoisotopic (exact) mass is 380 g/mol. The lowest BCUT2D eigenvalue weighted by atomic mass is 9.88. The average molecular weight is 381 g/mol. The van der Waals surface area contributed by atoms with Crippen molar-refractivity contribution in [3.63, 3.8) is 0 Å². The highest BCUT2D eigenvalue weighted by Crippen LogP contribution is 2.36. The van der Waals surface area contributed by atoms with Crippen molar-refractivity contribution in [2.45, 2.75) is 77.6 Å². The van der Waals surface area contributed by atoms with E-state index in [4.69, 9.17) is 0 Å². The predicted octanol–water partition coefficient (Wildman–Crippen LogP) is 6.09. The van der Waals surface area contributed by atoms with Gasteiger partial charge in [0.15, 0.2) is 5.78 Å². The highest BCUT2D eigenvalue weighted by molar-refractivity contribution is 8.03. The number of methoxy groups -OCH3 is 1. The van der Waals surface area contributed by atoms with Crippen molar-refractivity contribution in [1.29, 1.82) is 0 Å². The van der Waals surface area contributed by atoms with E-state index < -0.39 is 0 Å². The molecule has 2 unspecified atom stereocenters. The fraction of sp³-hybridized carbons (Fsp3) is 0.727. The lowest BCUT2D eigenvalue weighted by Crippen LogP contribution is -2.15. The summed E-state index contributed by atoms with van der Waals surface area (Å²) < 4.78 is 4.66. The van der Waals surface area contributed by atoms with Gasteiger partial charge in [-0.1, -0.05) is 63.7 Å². The molecule has 4 heteroatoms. The Balaban J connectivity index is 2.36. The minimum atomic E-state index is -0.131. The number of carbonyl (C=O) groups excluding carboxylic acids is 2. The molecule has 0 fully saturated rings. The Morgan fingerprint density at radius 1 is 1.15 bits per heavy atom. The summed E-state index contributed by atoms with van der Waals surface area (Å²) in [7, 11) is 1.43. The van der Waals surface area contributed by atoms with Crippen LogP contribution in [0.1, 0.15) is 77.6 Å². The molecular weight excluding hydrogens is 344 g/mol. The number of hydrogen-bond acceptors (Lipinski definition) is 4. The van der Waals surface area contributed by atoms with Crippen LogP contribution in [0.15, 0.2) is 23.1 Å². The van der Waals surface area contributed by atoms with Gasteiger partial charge in [0.2, 0.25) is 0 Å². The lowest BCUT2D eigenvalue weighted by molar-refractivity contribution is -0.140. The van der Waals surface area contributed by atoms with Gasteiger partial charge in [-0.25, -0.2) is 0 Å². The van der Waals surface area contributed by atoms with E-state index in [1.807, 2.05) is 6.26 Å². The smallest absolute Gasteiger partial charge is 0.305 e. The van der Waals surface area contributed by atoms with Crippen molar-refractivity contribution in [2.24, 2.45) is 11.8 Å².